The molecule has 1 aliphatic heterocycles. The number of hydrogen-bond donors (Lipinski definition) is 2. The van der Waals surface area contributed by atoms with Crippen LogP contribution in [0.25, 0.3) is 0 Å². The number of para-hydroxylation sites is 1. The zero-order valence-electron chi connectivity index (χ0n) is 11.1. The van der Waals surface area contributed by atoms with Gasteiger partial charge in [0.05, 0.1) is 5.92 Å². The van der Waals surface area contributed by atoms with Crippen LogP contribution >= 0.6 is 0 Å². The lowest BCUT2D eigenvalue weighted by atomic mass is 9.86. The monoisotopic (exact) mass is 267 g/mol. The molecule has 0 amide bonds. The van der Waals surface area contributed by atoms with E-state index >= 15 is 0 Å². The molecule has 0 bridgehead atoms. The van der Waals surface area contributed by atoms with Crippen LogP contribution in [0.5, 0.6) is 0 Å². The van der Waals surface area contributed by atoms with Gasteiger partial charge in [0, 0.05) is 18.2 Å². The molecule has 3 heteroatoms. The second kappa shape index (κ2) is 5.37. The molecule has 1 aliphatic rings. The first kappa shape index (κ1) is 12.7. The second-order valence-corrected chi connectivity index (χ2v) is 5.20. The largest absolute Gasteiger partial charge is 0.481 e. The number of fused-ring (bicyclic) bond motifs is 1. The van der Waals surface area contributed by atoms with E-state index in [0.717, 1.165) is 17.8 Å². The summed E-state index contributed by atoms with van der Waals surface area (Å²) >= 11 is 0. The van der Waals surface area contributed by atoms with Crippen molar-refractivity contribution in [1.29, 1.82) is 0 Å². The highest BCUT2D eigenvalue weighted by Crippen LogP contribution is 2.37. The van der Waals surface area contributed by atoms with E-state index in [1.54, 1.807) is 0 Å². The zero-order valence-corrected chi connectivity index (χ0v) is 11.1. The van der Waals surface area contributed by atoms with Crippen molar-refractivity contribution in [2.24, 2.45) is 0 Å². The van der Waals surface area contributed by atoms with Crippen LogP contribution < -0.4 is 5.32 Å². The molecule has 2 N–H and O–H groups in total. The normalized spacial score (nSPS) is 18.1. The maximum absolute atomic E-state index is 11.6. The van der Waals surface area contributed by atoms with Gasteiger partial charge in [-0.25, -0.2) is 0 Å². The van der Waals surface area contributed by atoms with Crippen LogP contribution in [0.1, 0.15) is 29.4 Å². The Morgan fingerprint density at radius 3 is 2.60 bits per heavy atom. The predicted octanol–water partition coefficient (Wildman–Crippen LogP) is 3.45. The van der Waals surface area contributed by atoms with Crippen molar-refractivity contribution in [2.45, 2.75) is 18.3 Å². The van der Waals surface area contributed by atoms with Crippen molar-refractivity contribution in [3.8, 4) is 0 Å². The number of aliphatic carboxylic acids is 1. The van der Waals surface area contributed by atoms with Crippen LogP contribution in [-0.4, -0.2) is 17.6 Å². The molecule has 0 saturated carbocycles. The first-order valence-corrected chi connectivity index (χ1v) is 6.86. The van der Waals surface area contributed by atoms with Crippen LogP contribution in [-0.2, 0) is 4.79 Å². The van der Waals surface area contributed by atoms with Gasteiger partial charge in [0.25, 0.3) is 0 Å². The maximum Gasteiger partial charge on any atom is 0.310 e. The standard InChI is InChI=1S/C17H17NO2/c19-17(20)15(12-6-2-1-3-7-12)10-13-11-18-16-9-5-4-8-14(13)16/h1-9,13,15,18H,10-11H2,(H,19,20). The van der Waals surface area contributed by atoms with Crippen molar-refractivity contribution >= 4 is 11.7 Å². The van der Waals surface area contributed by atoms with Gasteiger partial charge in [-0.1, -0.05) is 48.5 Å². The van der Waals surface area contributed by atoms with E-state index in [4.69, 9.17) is 0 Å². The molecule has 3 nitrogen and oxygen atoms in total. The Labute approximate surface area is 118 Å². The molecule has 0 saturated heterocycles. The number of carbonyl (C=O) groups is 1. The van der Waals surface area contributed by atoms with E-state index in [9.17, 15) is 9.90 Å². The summed E-state index contributed by atoms with van der Waals surface area (Å²) in [6.45, 7) is 0.815. The fourth-order valence-corrected chi connectivity index (χ4v) is 2.92. The SMILES string of the molecule is O=C(O)C(CC1CNc2ccccc21)c1ccccc1. The summed E-state index contributed by atoms with van der Waals surface area (Å²) in [5.41, 5.74) is 3.24. The summed E-state index contributed by atoms with van der Waals surface area (Å²) < 4.78 is 0. The molecule has 0 radical (unpaired) electrons. The van der Waals surface area contributed by atoms with E-state index in [-0.39, 0.29) is 5.92 Å². The van der Waals surface area contributed by atoms with Gasteiger partial charge < -0.3 is 10.4 Å². The zero-order chi connectivity index (χ0) is 13.9. The maximum atomic E-state index is 11.6. The summed E-state index contributed by atoms with van der Waals surface area (Å²) in [5.74, 6) is -0.942. The Bertz CT molecular complexity index is 609. The summed E-state index contributed by atoms with van der Waals surface area (Å²) in [4.78, 5) is 11.6. The van der Waals surface area contributed by atoms with E-state index in [1.807, 2.05) is 48.5 Å². The minimum atomic E-state index is -0.749. The Hall–Kier alpha value is -2.29. The van der Waals surface area contributed by atoms with Gasteiger partial charge in [-0.15, -0.1) is 0 Å². The van der Waals surface area contributed by atoms with Gasteiger partial charge in [0.1, 0.15) is 0 Å². The molecule has 20 heavy (non-hydrogen) atoms. The molecule has 102 valence electrons. The van der Waals surface area contributed by atoms with Crippen molar-refractivity contribution in [2.75, 3.05) is 11.9 Å². The molecule has 2 aromatic rings. The topological polar surface area (TPSA) is 49.3 Å². The number of rotatable bonds is 4. The molecular formula is C17H17NO2. The number of nitrogens with one attached hydrogen (secondary N) is 1. The van der Waals surface area contributed by atoms with Crippen LogP contribution in [0, 0.1) is 0 Å². The van der Waals surface area contributed by atoms with Crippen molar-refractivity contribution in [3.63, 3.8) is 0 Å². The molecule has 0 fully saturated rings. The van der Waals surface area contributed by atoms with Crippen LogP contribution in [0.2, 0.25) is 0 Å². The Morgan fingerprint density at radius 2 is 1.85 bits per heavy atom. The molecular weight excluding hydrogens is 250 g/mol. The smallest absolute Gasteiger partial charge is 0.310 e. The highest BCUT2D eigenvalue weighted by atomic mass is 16.4. The highest BCUT2D eigenvalue weighted by Gasteiger charge is 2.29. The van der Waals surface area contributed by atoms with Gasteiger partial charge in [0.15, 0.2) is 0 Å². The third kappa shape index (κ3) is 2.39. The van der Waals surface area contributed by atoms with Crippen molar-refractivity contribution in [3.05, 3.63) is 65.7 Å². The lowest BCUT2D eigenvalue weighted by Gasteiger charge is -2.17. The van der Waals surface area contributed by atoms with E-state index in [1.165, 1.54) is 5.56 Å². The average Bonchev–Trinajstić information content (AvgIpc) is 2.88. The lowest BCUT2D eigenvalue weighted by Crippen LogP contribution is -2.16. The van der Waals surface area contributed by atoms with Crippen LogP contribution in [0.4, 0.5) is 5.69 Å². The molecule has 0 spiro atoms. The Kier molecular flexibility index (Phi) is 3.42. The number of carboxylic acid groups (broad SMARTS) is 1. The molecule has 3 rings (SSSR count). The molecule has 2 atom stereocenters. The molecule has 0 aromatic heterocycles. The molecule has 2 aromatic carbocycles. The van der Waals surface area contributed by atoms with Crippen LogP contribution in [0.3, 0.4) is 0 Å². The minimum absolute atomic E-state index is 0.257. The predicted molar refractivity (Wildman–Crippen MR) is 79.1 cm³/mol. The number of hydrogen-bond acceptors (Lipinski definition) is 2. The third-order valence-electron chi connectivity index (χ3n) is 3.96. The molecule has 2 unspecified atom stereocenters. The van der Waals surface area contributed by atoms with Crippen LogP contribution in [0.15, 0.2) is 54.6 Å². The second-order valence-electron chi connectivity index (χ2n) is 5.20. The third-order valence-corrected chi connectivity index (χ3v) is 3.96. The summed E-state index contributed by atoms with van der Waals surface area (Å²) in [5, 5.41) is 12.9. The van der Waals surface area contributed by atoms with E-state index < -0.39 is 11.9 Å². The fraction of sp³-hybridized carbons (Fsp3) is 0.235. The van der Waals surface area contributed by atoms with Gasteiger partial charge in [-0.3, -0.25) is 4.79 Å². The number of benzene rings is 2. The van der Waals surface area contributed by atoms with E-state index in [0.29, 0.717) is 6.42 Å². The van der Waals surface area contributed by atoms with Crippen molar-refractivity contribution < 1.29 is 9.90 Å². The van der Waals surface area contributed by atoms with Crippen molar-refractivity contribution in [1.82, 2.24) is 0 Å². The summed E-state index contributed by atoms with van der Waals surface area (Å²) in [6, 6.07) is 17.6. The number of carboxylic acids is 1. The highest BCUT2D eigenvalue weighted by molar-refractivity contribution is 5.76. The first-order chi connectivity index (χ1) is 9.75. The van der Waals surface area contributed by atoms with Gasteiger partial charge >= 0.3 is 5.97 Å². The van der Waals surface area contributed by atoms with Gasteiger partial charge in [-0.05, 0) is 23.6 Å². The lowest BCUT2D eigenvalue weighted by molar-refractivity contribution is -0.139. The summed E-state index contributed by atoms with van der Waals surface area (Å²) in [6.07, 6.45) is 0.628. The summed E-state index contributed by atoms with van der Waals surface area (Å²) in [7, 11) is 0. The van der Waals surface area contributed by atoms with Gasteiger partial charge in [-0.2, -0.15) is 0 Å². The average molecular weight is 267 g/mol. The number of anilines is 1. The Balaban J connectivity index is 1.84. The van der Waals surface area contributed by atoms with Gasteiger partial charge in [0.2, 0.25) is 0 Å². The molecule has 0 aliphatic carbocycles. The Morgan fingerprint density at radius 1 is 1.15 bits per heavy atom. The quantitative estimate of drug-likeness (QED) is 0.892. The van der Waals surface area contributed by atoms with E-state index in [2.05, 4.69) is 11.4 Å². The molecule has 1 heterocycles. The first-order valence-electron chi connectivity index (χ1n) is 6.86. The fourth-order valence-electron chi connectivity index (χ4n) is 2.92. The minimum Gasteiger partial charge on any atom is -0.481 e.